The molecular formula is C23H17N3O2. The van der Waals surface area contributed by atoms with Crippen molar-refractivity contribution in [3.63, 3.8) is 0 Å². The van der Waals surface area contributed by atoms with Gasteiger partial charge in [0.2, 0.25) is 0 Å². The van der Waals surface area contributed by atoms with Crippen molar-refractivity contribution in [1.29, 1.82) is 0 Å². The number of phenols is 1. The minimum atomic E-state index is -0.402. The highest BCUT2D eigenvalue weighted by atomic mass is 16.3. The van der Waals surface area contributed by atoms with Crippen LogP contribution in [0.25, 0.3) is 22.5 Å². The molecule has 0 aliphatic heterocycles. The lowest BCUT2D eigenvalue weighted by Gasteiger charge is -2.10. The minimum absolute atomic E-state index is 0.101. The highest BCUT2D eigenvalue weighted by Gasteiger charge is 2.14. The monoisotopic (exact) mass is 367 g/mol. The molecule has 136 valence electrons. The Morgan fingerprint density at radius 1 is 0.750 bits per heavy atom. The van der Waals surface area contributed by atoms with Crippen molar-refractivity contribution in [3.05, 3.63) is 96.8 Å². The summed E-state index contributed by atoms with van der Waals surface area (Å²) < 4.78 is 0. The number of benzene rings is 3. The van der Waals surface area contributed by atoms with Crippen molar-refractivity contribution >= 4 is 11.6 Å². The van der Waals surface area contributed by atoms with Crippen LogP contribution in [0.15, 0.2) is 91.3 Å². The summed E-state index contributed by atoms with van der Waals surface area (Å²) >= 11 is 0. The number of carbonyl (C=O) groups is 1. The second-order valence-corrected chi connectivity index (χ2v) is 6.21. The first kappa shape index (κ1) is 17.4. The Hall–Kier alpha value is -3.99. The molecule has 0 spiro atoms. The van der Waals surface area contributed by atoms with E-state index in [9.17, 15) is 9.90 Å². The lowest BCUT2D eigenvalue weighted by Crippen LogP contribution is -2.12. The molecule has 28 heavy (non-hydrogen) atoms. The smallest absolute Gasteiger partial charge is 0.259 e. The zero-order valence-corrected chi connectivity index (χ0v) is 14.9. The average Bonchev–Trinajstić information content (AvgIpc) is 2.75. The largest absolute Gasteiger partial charge is 0.507 e. The van der Waals surface area contributed by atoms with E-state index in [4.69, 9.17) is 0 Å². The molecule has 3 aromatic carbocycles. The molecular weight excluding hydrogens is 350 g/mol. The summed E-state index contributed by atoms with van der Waals surface area (Å²) in [6, 6.07) is 23.9. The van der Waals surface area contributed by atoms with Gasteiger partial charge in [-0.1, -0.05) is 42.5 Å². The highest BCUT2D eigenvalue weighted by Crippen LogP contribution is 2.26. The Balaban J connectivity index is 1.61. The molecule has 0 aliphatic rings. The van der Waals surface area contributed by atoms with Crippen LogP contribution in [-0.2, 0) is 0 Å². The van der Waals surface area contributed by atoms with Crippen LogP contribution in [0.3, 0.4) is 0 Å². The third-order valence-electron chi connectivity index (χ3n) is 4.29. The third kappa shape index (κ3) is 3.73. The van der Waals surface area contributed by atoms with Crippen LogP contribution in [0.4, 0.5) is 5.69 Å². The van der Waals surface area contributed by atoms with E-state index in [1.807, 2.05) is 54.6 Å². The maximum absolute atomic E-state index is 12.8. The number of carbonyl (C=O) groups excluding carboxylic acids is 1. The van der Waals surface area contributed by atoms with E-state index in [0.29, 0.717) is 17.1 Å². The molecule has 0 fully saturated rings. The van der Waals surface area contributed by atoms with Crippen LogP contribution >= 0.6 is 0 Å². The molecule has 0 unspecified atom stereocenters. The van der Waals surface area contributed by atoms with Gasteiger partial charge in [0.05, 0.1) is 5.56 Å². The van der Waals surface area contributed by atoms with Gasteiger partial charge < -0.3 is 10.4 Å². The third-order valence-corrected chi connectivity index (χ3v) is 4.29. The lowest BCUT2D eigenvalue weighted by molar-refractivity contribution is 0.102. The Bertz CT molecular complexity index is 1110. The fraction of sp³-hybridized carbons (Fsp3) is 0. The minimum Gasteiger partial charge on any atom is -0.507 e. The predicted molar refractivity (Wildman–Crippen MR) is 109 cm³/mol. The molecule has 0 saturated carbocycles. The van der Waals surface area contributed by atoms with Crippen LogP contribution in [-0.4, -0.2) is 21.0 Å². The zero-order valence-electron chi connectivity index (χ0n) is 14.9. The van der Waals surface area contributed by atoms with Gasteiger partial charge in [-0.2, -0.15) is 0 Å². The summed E-state index contributed by atoms with van der Waals surface area (Å²) in [6.07, 6.45) is 3.26. The van der Waals surface area contributed by atoms with E-state index in [0.717, 1.165) is 11.1 Å². The number of hydrogen-bond acceptors (Lipinski definition) is 4. The standard InChI is InChI=1S/C23H17N3O2/c27-21-11-10-18(22-24-12-5-13-25-22)15-20(21)23(28)26-19-9-4-8-17(14-19)16-6-2-1-3-7-16/h1-15,27H,(H,26,28). The van der Waals surface area contributed by atoms with Crippen LogP contribution in [0, 0.1) is 0 Å². The van der Waals surface area contributed by atoms with Crippen LogP contribution < -0.4 is 5.32 Å². The number of hydrogen-bond donors (Lipinski definition) is 2. The zero-order chi connectivity index (χ0) is 19.3. The van der Waals surface area contributed by atoms with Gasteiger partial charge in [-0.25, -0.2) is 9.97 Å². The highest BCUT2D eigenvalue weighted by molar-refractivity contribution is 6.07. The van der Waals surface area contributed by atoms with Gasteiger partial charge in [0.25, 0.3) is 5.91 Å². The van der Waals surface area contributed by atoms with E-state index in [-0.39, 0.29) is 11.3 Å². The molecule has 1 aromatic heterocycles. The van der Waals surface area contributed by atoms with Gasteiger partial charge >= 0.3 is 0 Å². The van der Waals surface area contributed by atoms with E-state index in [1.165, 1.54) is 6.07 Å². The van der Waals surface area contributed by atoms with Gasteiger partial charge in [0, 0.05) is 23.6 Å². The summed E-state index contributed by atoms with van der Waals surface area (Å²) in [6.45, 7) is 0. The molecule has 0 bridgehead atoms. The van der Waals surface area contributed by atoms with E-state index in [1.54, 1.807) is 30.6 Å². The number of nitrogens with one attached hydrogen (secondary N) is 1. The van der Waals surface area contributed by atoms with Gasteiger partial charge in [-0.05, 0) is 47.5 Å². The fourth-order valence-electron chi connectivity index (χ4n) is 2.91. The molecule has 5 heteroatoms. The number of nitrogens with zero attached hydrogens (tertiary/aromatic N) is 2. The fourth-order valence-corrected chi connectivity index (χ4v) is 2.91. The van der Waals surface area contributed by atoms with E-state index >= 15 is 0 Å². The van der Waals surface area contributed by atoms with Crippen molar-refractivity contribution in [2.75, 3.05) is 5.32 Å². The predicted octanol–water partition coefficient (Wildman–Crippen LogP) is 4.77. The molecule has 1 heterocycles. The summed E-state index contributed by atoms with van der Waals surface area (Å²) in [5.74, 6) is -0.0143. The van der Waals surface area contributed by atoms with E-state index in [2.05, 4.69) is 15.3 Å². The van der Waals surface area contributed by atoms with Crippen LogP contribution in [0.5, 0.6) is 5.75 Å². The quantitative estimate of drug-likeness (QED) is 0.545. The van der Waals surface area contributed by atoms with Crippen molar-refractivity contribution in [2.24, 2.45) is 0 Å². The molecule has 4 aromatic rings. The Kier molecular flexibility index (Phi) is 4.80. The van der Waals surface area contributed by atoms with Crippen molar-refractivity contribution < 1.29 is 9.90 Å². The molecule has 0 radical (unpaired) electrons. The molecule has 2 N–H and O–H groups in total. The maximum Gasteiger partial charge on any atom is 0.259 e. The summed E-state index contributed by atoms with van der Waals surface area (Å²) in [5, 5.41) is 13.0. The van der Waals surface area contributed by atoms with Crippen molar-refractivity contribution in [1.82, 2.24) is 9.97 Å². The Morgan fingerprint density at radius 3 is 2.29 bits per heavy atom. The summed E-state index contributed by atoms with van der Waals surface area (Å²) in [5.41, 5.74) is 3.52. The van der Waals surface area contributed by atoms with Gasteiger partial charge in [-0.3, -0.25) is 4.79 Å². The van der Waals surface area contributed by atoms with Gasteiger partial charge in [0.1, 0.15) is 5.75 Å². The molecule has 0 aliphatic carbocycles. The first-order valence-corrected chi connectivity index (χ1v) is 8.78. The van der Waals surface area contributed by atoms with Crippen molar-refractivity contribution in [2.45, 2.75) is 0 Å². The maximum atomic E-state index is 12.8. The van der Waals surface area contributed by atoms with Crippen molar-refractivity contribution in [3.8, 4) is 28.3 Å². The number of aromatic nitrogens is 2. The van der Waals surface area contributed by atoms with Crippen LogP contribution in [0.1, 0.15) is 10.4 Å². The first-order valence-electron chi connectivity index (χ1n) is 8.78. The number of aromatic hydroxyl groups is 1. The Labute approximate surface area is 162 Å². The number of anilines is 1. The SMILES string of the molecule is O=C(Nc1cccc(-c2ccccc2)c1)c1cc(-c2ncccn2)ccc1O. The van der Waals surface area contributed by atoms with Gasteiger partial charge in [0.15, 0.2) is 5.82 Å². The molecule has 1 amide bonds. The number of amides is 1. The molecule has 0 saturated heterocycles. The Morgan fingerprint density at radius 2 is 1.50 bits per heavy atom. The average molecular weight is 367 g/mol. The summed E-state index contributed by atoms with van der Waals surface area (Å²) in [4.78, 5) is 21.1. The number of rotatable bonds is 4. The van der Waals surface area contributed by atoms with Crippen LogP contribution in [0.2, 0.25) is 0 Å². The van der Waals surface area contributed by atoms with E-state index < -0.39 is 5.91 Å². The van der Waals surface area contributed by atoms with Gasteiger partial charge in [-0.15, -0.1) is 0 Å². The lowest BCUT2D eigenvalue weighted by atomic mass is 10.0. The first-order chi connectivity index (χ1) is 13.7. The normalized spacial score (nSPS) is 10.4. The summed E-state index contributed by atoms with van der Waals surface area (Å²) in [7, 11) is 0. The molecule has 5 nitrogen and oxygen atoms in total. The molecule has 4 rings (SSSR count). The number of phenolic OH excluding ortho intramolecular Hbond substituents is 1. The molecule has 0 atom stereocenters. The second-order valence-electron chi connectivity index (χ2n) is 6.21. The second kappa shape index (κ2) is 7.72. The topological polar surface area (TPSA) is 75.1 Å².